The Kier molecular flexibility index (Phi) is 7.10. The first-order valence-corrected chi connectivity index (χ1v) is 11.4. The van der Waals surface area contributed by atoms with Crippen molar-refractivity contribution < 1.29 is 9.53 Å². The second kappa shape index (κ2) is 10.6. The second-order valence-corrected chi connectivity index (χ2v) is 8.05. The number of para-hydroxylation sites is 1. The number of hydrogen-bond donors (Lipinski definition) is 1. The minimum absolute atomic E-state index is 0.226. The van der Waals surface area contributed by atoms with E-state index in [4.69, 9.17) is 4.74 Å². The first-order chi connectivity index (χ1) is 15.7. The molecule has 4 rings (SSSR count). The molecule has 0 saturated heterocycles. The highest BCUT2D eigenvalue weighted by Crippen LogP contribution is 2.28. The number of carbonyl (C=O) groups excluding carboxylic acids is 1. The summed E-state index contributed by atoms with van der Waals surface area (Å²) in [5.41, 5.74) is 5.06. The molecule has 4 aromatic rings. The van der Waals surface area contributed by atoms with Gasteiger partial charge in [-0.25, -0.2) is 4.98 Å². The number of ether oxygens (including phenoxy) is 1. The van der Waals surface area contributed by atoms with Crippen molar-refractivity contribution in [3.63, 3.8) is 0 Å². The fourth-order valence-corrected chi connectivity index (χ4v) is 3.92. The van der Waals surface area contributed by atoms with E-state index in [1.165, 1.54) is 23.0 Å². The molecule has 1 amide bonds. The van der Waals surface area contributed by atoms with E-state index in [-0.39, 0.29) is 5.91 Å². The van der Waals surface area contributed by atoms with Crippen LogP contribution in [0.1, 0.15) is 18.9 Å². The zero-order valence-corrected chi connectivity index (χ0v) is 18.6. The maximum atomic E-state index is 12.4. The number of nitrogens with one attached hydrogen (secondary N) is 1. The van der Waals surface area contributed by atoms with E-state index in [9.17, 15) is 4.79 Å². The Hall–Kier alpha value is -3.70. The zero-order valence-electron chi connectivity index (χ0n) is 17.8. The molecule has 0 aliphatic carbocycles. The lowest BCUT2D eigenvalue weighted by molar-refractivity contribution is -0.111. The zero-order chi connectivity index (χ0) is 22.2. The Balaban J connectivity index is 1.40. The molecule has 4 nitrogen and oxygen atoms in total. The minimum Gasteiger partial charge on any atom is -0.493 e. The molecular formula is C27H24N2O2S. The third kappa shape index (κ3) is 5.50. The third-order valence-electron chi connectivity index (χ3n) is 4.82. The lowest BCUT2D eigenvalue weighted by atomic mass is 10.0. The molecule has 0 spiro atoms. The quantitative estimate of drug-likeness (QED) is 0.303. The lowest BCUT2D eigenvalue weighted by Gasteiger charge is -2.07. The monoisotopic (exact) mass is 440 g/mol. The number of amides is 1. The number of anilines is 1. The number of thiazole rings is 1. The first-order valence-electron chi connectivity index (χ1n) is 10.5. The van der Waals surface area contributed by atoms with Gasteiger partial charge < -0.3 is 4.74 Å². The molecule has 32 heavy (non-hydrogen) atoms. The van der Waals surface area contributed by atoms with E-state index in [0.717, 1.165) is 34.6 Å². The Morgan fingerprint density at radius 3 is 2.41 bits per heavy atom. The van der Waals surface area contributed by atoms with Crippen LogP contribution in [0.4, 0.5) is 5.13 Å². The van der Waals surface area contributed by atoms with E-state index in [2.05, 4.69) is 53.6 Å². The van der Waals surface area contributed by atoms with Crippen LogP contribution in [-0.2, 0) is 4.79 Å². The van der Waals surface area contributed by atoms with Gasteiger partial charge in [-0.2, -0.15) is 0 Å². The normalized spacial score (nSPS) is 10.9. The molecule has 1 heterocycles. The average Bonchev–Trinajstić information content (AvgIpc) is 3.31. The van der Waals surface area contributed by atoms with Crippen LogP contribution >= 0.6 is 11.3 Å². The summed E-state index contributed by atoms with van der Waals surface area (Å²) >= 11 is 1.41. The predicted octanol–water partition coefficient (Wildman–Crippen LogP) is 6.92. The highest BCUT2D eigenvalue weighted by atomic mass is 32.1. The van der Waals surface area contributed by atoms with Gasteiger partial charge in [-0.15, -0.1) is 11.3 Å². The molecule has 3 aromatic carbocycles. The number of aromatic nitrogens is 1. The van der Waals surface area contributed by atoms with Gasteiger partial charge >= 0.3 is 0 Å². The average molecular weight is 441 g/mol. The van der Waals surface area contributed by atoms with Gasteiger partial charge in [0.25, 0.3) is 0 Å². The Morgan fingerprint density at radius 1 is 0.938 bits per heavy atom. The van der Waals surface area contributed by atoms with Crippen molar-refractivity contribution in [3.8, 4) is 28.1 Å². The van der Waals surface area contributed by atoms with Crippen molar-refractivity contribution in [2.45, 2.75) is 13.3 Å². The molecule has 0 radical (unpaired) electrons. The van der Waals surface area contributed by atoms with Gasteiger partial charge in [-0.1, -0.05) is 79.7 Å². The summed E-state index contributed by atoms with van der Waals surface area (Å²) in [7, 11) is 0. The van der Waals surface area contributed by atoms with Crippen LogP contribution in [-0.4, -0.2) is 17.5 Å². The van der Waals surface area contributed by atoms with Crippen molar-refractivity contribution in [1.82, 2.24) is 4.98 Å². The molecule has 0 unspecified atom stereocenters. The van der Waals surface area contributed by atoms with Crippen molar-refractivity contribution in [2.75, 3.05) is 11.9 Å². The highest BCUT2D eigenvalue weighted by molar-refractivity contribution is 7.14. The first kappa shape index (κ1) is 21.5. The standard InChI is InChI=1S/C27H24N2O2S/c1-2-18-31-25-11-7-6-10-23(25)16-17-26(30)29-27-28-24(19-32-27)22-14-12-21(13-15-22)20-8-4-3-5-9-20/h3-17,19H,2,18H2,1H3,(H,28,29,30). The third-order valence-corrected chi connectivity index (χ3v) is 5.57. The number of hydrogen-bond acceptors (Lipinski definition) is 4. The van der Waals surface area contributed by atoms with Gasteiger partial charge in [0.15, 0.2) is 5.13 Å². The van der Waals surface area contributed by atoms with Crippen LogP contribution in [0.5, 0.6) is 5.75 Å². The molecule has 0 saturated carbocycles. The lowest BCUT2D eigenvalue weighted by Crippen LogP contribution is -2.07. The van der Waals surface area contributed by atoms with Gasteiger partial charge in [0.2, 0.25) is 5.91 Å². The van der Waals surface area contributed by atoms with Crippen LogP contribution in [0, 0.1) is 0 Å². The van der Waals surface area contributed by atoms with Crippen LogP contribution in [0.15, 0.2) is 90.3 Å². The SMILES string of the molecule is CCCOc1ccccc1C=CC(=O)Nc1nc(-c2ccc(-c3ccccc3)cc2)cs1. The number of nitrogens with zero attached hydrogens (tertiary/aromatic N) is 1. The Morgan fingerprint density at radius 2 is 1.62 bits per heavy atom. The molecule has 0 aliphatic rings. The second-order valence-electron chi connectivity index (χ2n) is 7.19. The highest BCUT2D eigenvalue weighted by Gasteiger charge is 2.08. The number of carbonyl (C=O) groups is 1. The fraction of sp³-hybridized carbons (Fsp3) is 0.111. The van der Waals surface area contributed by atoms with E-state index < -0.39 is 0 Å². The van der Waals surface area contributed by atoms with E-state index >= 15 is 0 Å². The van der Waals surface area contributed by atoms with Crippen LogP contribution in [0.3, 0.4) is 0 Å². The summed E-state index contributed by atoms with van der Waals surface area (Å²) < 4.78 is 5.73. The summed E-state index contributed by atoms with van der Waals surface area (Å²) in [5, 5.41) is 5.36. The molecule has 0 atom stereocenters. The summed E-state index contributed by atoms with van der Waals surface area (Å²) in [6.45, 7) is 2.71. The topological polar surface area (TPSA) is 51.2 Å². The number of rotatable bonds is 8. The van der Waals surface area contributed by atoms with Crippen molar-refractivity contribution in [2.24, 2.45) is 0 Å². The smallest absolute Gasteiger partial charge is 0.250 e. The molecule has 1 N–H and O–H groups in total. The van der Waals surface area contributed by atoms with Gasteiger partial charge in [0.1, 0.15) is 5.75 Å². The largest absolute Gasteiger partial charge is 0.493 e. The van der Waals surface area contributed by atoms with Crippen LogP contribution < -0.4 is 10.1 Å². The van der Waals surface area contributed by atoms with Crippen molar-refractivity contribution >= 4 is 28.5 Å². The maximum absolute atomic E-state index is 12.4. The maximum Gasteiger partial charge on any atom is 0.250 e. The Bertz CT molecular complexity index is 1200. The summed E-state index contributed by atoms with van der Waals surface area (Å²) in [5.74, 6) is 0.546. The van der Waals surface area contributed by atoms with E-state index in [1.807, 2.05) is 47.8 Å². The summed E-state index contributed by atoms with van der Waals surface area (Å²) in [4.78, 5) is 17.0. The predicted molar refractivity (Wildman–Crippen MR) is 133 cm³/mol. The summed E-state index contributed by atoms with van der Waals surface area (Å²) in [6, 6.07) is 26.2. The molecule has 160 valence electrons. The fourth-order valence-electron chi connectivity index (χ4n) is 3.20. The Labute approximate surface area is 192 Å². The van der Waals surface area contributed by atoms with Gasteiger partial charge in [-0.3, -0.25) is 10.1 Å². The van der Waals surface area contributed by atoms with Gasteiger partial charge in [0, 0.05) is 22.6 Å². The van der Waals surface area contributed by atoms with Crippen LogP contribution in [0.2, 0.25) is 0 Å². The number of benzene rings is 3. The van der Waals surface area contributed by atoms with Crippen LogP contribution in [0.25, 0.3) is 28.5 Å². The molecule has 1 aromatic heterocycles. The molecular weight excluding hydrogens is 416 g/mol. The van der Waals surface area contributed by atoms with E-state index in [1.54, 1.807) is 6.08 Å². The molecule has 5 heteroatoms. The minimum atomic E-state index is -0.226. The van der Waals surface area contributed by atoms with Gasteiger partial charge in [-0.05, 0) is 29.7 Å². The summed E-state index contributed by atoms with van der Waals surface area (Å²) in [6.07, 6.45) is 4.20. The van der Waals surface area contributed by atoms with Crippen molar-refractivity contribution in [1.29, 1.82) is 0 Å². The van der Waals surface area contributed by atoms with Gasteiger partial charge in [0.05, 0.1) is 12.3 Å². The molecule has 0 bridgehead atoms. The van der Waals surface area contributed by atoms with Crippen molar-refractivity contribution in [3.05, 3.63) is 95.9 Å². The molecule has 0 fully saturated rings. The molecule has 0 aliphatic heterocycles. The van der Waals surface area contributed by atoms with E-state index in [0.29, 0.717) is 11.7 Å².